The molecule has 2 rings (SSSR count). The lowest BCUT2D eigenvalue weighted by Crippen LogP contribution is -2.32. The summed E-state index contributed by atoms with van der Waals surface area (Å²) in [5, 5.41) is 0. The molecule has 0 saturated heterocycles. The first-order valence-electron chi connectivity index (χ1n) is 7.51. The molecule has 3 unspecified atom stereocenters. The van der Waals surface area contributed by atoms with Crippen molar-refractivity contribution in [2.75, 3.05) is 0 Å². The second-order valence-corrected chi connectivity index (χ2v) is 7.32. The second-order valence-electron chi connectivity index (χ2n) is 6.43. The number of rotatable bonds is 4. The van der Waals surface area contributed by atoms with E-state index in [1.807, 2.05) is 18.2 Å². The van der Waals surface area contributed by atoms with E-state index >= 15 is 0 Å². The van der Waals surface area contributed by atoms with E-state index in [-0.39, 0.29) is 17.7 Å². The number of ether oxygens (including phenoxy) is 1. The average Bonchev–Trinajstić information content (AvgIpc) is 2.38. The highest BCUT2D eigenvalue weighted by molar-refractivity contribution is 7.34. The molecule has 1 aromatic carbocycles. The van der Waals surface area contributed by atoms with E-state index in [9.17, 15) is 4.89 Å². The van der Waals surface area contributed by atoms with E-state index in [0.29, 0.717) is 5.75 Å². The van der Waals surface area contributed by atoms with Crippen LogP contribution in [0.3, 0.4) is 0 Å². The van der Waals surface area contributed by atoms with Crippen LogP contribution in [0.15, 0.2) is 35.1 Å². The van der Waals surface area contributed by atoms with E-state index in [4.69, 9.17) is 9.26 Å². The Hall–Kier alpha value is -0.960. The lowest BCUT2D eigenvalue weighted by atomic mass is 9.93. The van der Waals surface area contributed by atoms with Gasteiger partial charge in [-0.15, -0.1) is 0 Å². The highest BCUT2D eigenvalue weighted by atomic mass is 31.1. The zero-order chi connectivity index (χ0) is 15.3. The summed E-state index contributed by atoms with van der Waals surface area (Å²) in [6.45, 7) is 6.19. The molecule has 3 atom stereocenters. The van der Waals surface area contributed by atoms with Crippen molar-refractivity contribution in [3.05, 3.63) is 30.3 Å². The number of benzene rings is 1. The summed E-state index contributed by atoms with van der Waals surface area (Å²) in [4.78, 5) is 12.0. The summed E-state index contributed by atoms with van der Waals surface area (Å²) in [5.74, 6) is 0.598. The Morgan fingerprint density at radius 3 is 2.57 bits per heavy atom. The molecule has 0 aliphatic heterocycles. The summed E-state index contributed by atoms with van der Waals surface area (Å²) in [5.41, 5.74) is -0.144. The van der Waals surface area contributed by atoms with Crippen LogP contribution >= 0.6 is 8.17 Å². The van der Waals surface area contributed by atoms with Crippen molar-refractivity contribution in [1.82, 2.24) is 0 Å². The molecule has 1 fully saturated rings. The summed E-state index contributed by atoms with van der Waals surface area (Å²) in [7, 11) is -2.01. The fourth-order valence-corrected chi connectivity index (χ4v) is 3.39. The minimum atomic E-state index is -2.01. The zero-order valence-corrected chi connectivity index (χ0v) is 13.9. The van der Waals surface area contributed by atoms with Crippen LogP contribution in [0.5, 0.6) is 5.75 Å². The molecule has 0 heterocycles. The molecule has 1 aliphatic carbocycles. The first-order chi connectivity index (χ1) is 9.92. The topological polar surface area (TPSA) is 53.9 Å². The number of hydrogen-bond donors (Lipinski definition) is 0. The van der Waals surface area contributed by atoms with Crippen molar-refractivity contribution < 1.29 is 14.2 Å². The van der Waals surface area contributed by atoms with Crippen molar-refractivity contribution in [2.45, 2.75) is 64.2 Å². The van der Waals surface area contributed by atoms with Gasteiger partial charge in [0.15, 0.2) is 5.75 Å². The van der Waals surface area contributed by atoms with Crippen molar-refractivity contribution in [1.29, 1.82) is 0 Å². The minimum Gasteiger partial charge on any atom is -0.575 e. The molecule has 0 radical (unpaired) electrons. The van der Waals surface area contributed by atoms with Gasteiger partial charge in [0, 0.05) is 0 Å². The van der Waals surface area contributed by atoms with Crippen molar-refractivity contribution in [2.24, 2.45) is 4.74 Å². The van der Waals surface area contributed by atoms with Crippen LogP contribution in [-0.2, 0) is 4.74 Å². The van der Waals surface area contributed by atoms with Gasteiger partial charge in [0.2, 0.25) is 0 Å². The Labute approximate surface area is 128 Å². The van der Waals surface area contributed by atoms with Crippen LogP contribution in [0.1, 0.15) is 46.5 Å². The van der Waals surface area contributed by atoms with Crippen LogP contribution in [0.25, 0.3) is 0 Å². The summed E-state index contributed by atoms with van der Waals surface area (Å²) in [6, 6.07) is 9.24. The minimum absolute atomic E-state index is 0.0680. The fourth-order valence-electron chi connectivity index (χ4n) is 2.56. The molecule has 0 N–H and O–H groups in total. The van der Waals surface area contributed by atoms with Crippen LogP contribution in [0.2, 0.25) is 0 Å². The SMILES string of the molecule is CC(C)(C)OC1CCCC(/N=[P+](\[O-])Oc2ccccc2)C1. The smallest absolute Gasteiger partial charge is 0.394 e. The van der Waals surface area contributed by atoms with Crippen LogP contribution in [0, 0.1) is 0 Å². The number of hydrogen-bond acceptors (Lipinski definition) is 4. The summed E-state index contributed by atoms with van der Waals surface area (Å²) >= 11 is 0. The molecule has 0 spiro atoms. The van der Waals surface area contributed by atoms with E-state index in [2.05, 4.69) is 25.5 Å². The lowest BCUT2D eigenvalue weighted by molar-refractivity contribution is -0.169. The molecule has 1 aromatic rings. The van der Waals surface area contributed by atoms with E-state index in [1.165, 1.54) is 0 Å². The largest absolute Gasteiger partial charge is 0.575 e. The van der Waals surface area contributed by atoms with Crippen LogP contribution in [-0.4, -0.2) is 17.7 Å². The highest BCUT2D eigenvalue weighted by Crippen LogP contribution is 2.31. The van der Waals surface area contributed by atoms with Gasteiger partial charge in [-0.3, -0.25) is 4.52 Å². The predicted octanol–water partition coefficient (Wildman–Crippen LogP) is 4.05. The van der Waals surface area contributed by atoms with E-state index in [0.717, 1.165) is 25.7 Å². The molecular formula is C16H24NO3P. The lowest BCUT2D eigenvalue weighted by Gasteiger charge is -2.31. The third-order valence-electron chi connectivity index (χ3n) is 3.30. The van der Waals surface area contributed by atoms with Gasteiger partial charge in [0.1, 0.15) is 0 Å². The van der Waals surface area contributed by atoms with Crippen molar-refractivity contribution in [3.8, 4) is 5.75 Å². The summed E-state index contributed by atoms with van der Waals surface area (Å²) < 4.78 is 15.7. The summed E-state index contributed by atoms with van der Waals surface area (Å²) in [6.07, 6.45) is 4.11. The molecule has 0 bridgehead atoms. The Morgan fingerprint density at radius 2 is 1.90 bits per heavy atom. The van der Waals surface area contributed by atoms with E-state index in [1.54, 1.807) is 12.1 Å². The number of nitrogens with zero attached hydrogens (tertiary/aromatic N) is 1. The molecule has 0 amide bonds. The average molecular weight is 309 g/mol. The molecule has 21 heavy (non-hydrogen) atoms. The molecule has 5 heteroatoms. The second kappa shape index (κ2) is 7.35. The maximum absolute atomic E-state index is 12.0. The Kier molecular flexibility index (Phi) is 5.74. The Balaban J connectivity index is 1.90. The van der Waals surface area contributed by atoms with Gasteiger partial charge in [0.25, 0.3) is 0 Å². The van der Waals surface area contributed by atoms with Gasteiger partial charge < -0.3 is 9.63 Å². The normalized spacial score (nSPS) is 23.9. The molecule has 4 nitrogen and oxygen atoms in total. The van der Waals surface area contributed by atoms with Crippen molar-refractivity contribution >= 4 is 8.17 Å². The van der Waals surface area contributed by atoms with Crippen LogP contribution < -0.4 is 9.42 Å². The molecular weight excluding hydrogens is 285 g/mol. The van der Waals surface area contributed by atoms with Crippen molar-refractivity contribution in [3.63, 3.8) is 0 Å². The Bertz CT molecular complexity index is 470. The molecule has 1 saturated carbocycles. The molecule has 116 valence electrons. The van der Waals surface area contributed by atoms with Gasteiger partial charge >= 0.3 is 8.17 Å². The predicted molar refractivity (Wildman–Crippen MR) is 83.3 cm³/mol. The molecule has 0 aromatic heterocycles. The van der Waals surface area contributed by atoms with Gasteiger partial charge in [-0.05, 0) is 58.6 Å². The maximum Gasteiger partial charge on any atom is 0.394 e. The first-order valence-corrected chi connectivity index (χ1v) is 8.64. The van der Waals surface area contributed by atoms with Gasteiger partial charge in [0.05, 0.1) is 17.7 Å². The van der Waals surface area contributed by atoms with Crippen LogP contribution in [0.4, 0.5) is 0 Å². The van der Waals surface area contributed by atoms with E-state index < -0.39 is 8.17 Å². The quantitative estimate of drug-likeness (QED) is 0.788. The van der Waals surface area contributed by atoms with Gasteiger partial charge in [-0.2, -0.15) is 0 Å². The third kappa shape index (κ3) is 6.13. The van der Waals surface area contributed by atoms with Gasteiger partial charge in [-0.1, -0.05) is 22.9 Å². The first kappa shape index (κ1) is 16.4. The third-order valence-corrected chi connectivity index (χ3v) is 4.19. The maximum atomic E-state index is 12.0. The van der Waals surface area contributed by atoms with Gasteiger partial charge in [-0.25, -0.2) is 0 Å². The Morgan fingerprint density at radius 1 is 1.19 bits per heavy atom. The molecule has 1 aliphatic rings. The zero-order valence-electron chi connectivity index (χ0n) is 13.0. The number of para-hydroxylation sites is 1. The monoisotopic (exact) mass is 309 g/mol. The fraction of sp³-hybridized carbons (Fsp3) is 0.625. The highest BCUT2D eigenvalue weighted by Gasteiger charge is 2.28. The standard InChI is InChI=1S/C16H24NO3P/c1-16(2,3)19-15-11-7-8-13(12-15)17-21(18)20-14-9-5-4-6-10-14/h4-6,9-10,13,15H,7-8,11-12H2,1-3H3.